The minimum absolute atomic E-state index is 0.0305. The van der Waals surface area contributed by atoms with Crippen LogP contribution in [0.25, 0.3) is 16.7 Å². The molecule has 0 aromatic heterocycles. The van der Waals surface area contributed by atoms with Gasteiger partial charge < -0.3 is 15.1 Å². The molecule has 7 atom stereocenters. The van der Waals surface area contributed by atoms with Crippen LogP contribution in [0.5, 0.6) is 0 Å². The van der Waals surface area contributed by atoms with Gasteiger partial charge in [0.2, 0.25) is 0 Å². The fraction of sp³-hybridized carbons (Fsp3) is 0.190. The number of amidine groups is 1. The van der Waals surface area contributed by atoms with Gasteiger partial charge in [0.15, 0.2) is 0 Å². The molecule has 0 bridgehead atoms. The van der Waals surface area contributed by atoms with Crippen molar-refractivity contribution in [2.45, 2.75) is 68.4 Å². The Balaban J connectivity index is 0.782. The van der Waals surface area contributed by atoms with Gasteiger partial charge in [-0.25, -0.2) is 4.99 Å². The lowest BCUT2D eigenvalue weighted by molar-refractivity contribution is 0.339. The van der Waals surface area contributed by atoms with Gasteiger partial charge in [0.1, 0.15) is 12.0 Å². The fourth-order valence-corrected chi connectivity index (χ4v) is 11.9. The predicted molar refractivity (Wildman–Crippen MR) is 282 cm³/mol. The zero-order chi connectivity index (χ0) is 45.0. The van der Waals surface area contributed by atoms with Crippen LogP contribution < -0.4 is 20.4 Å². The van der Waals surface area contributed by atoms with Crippen molar-refractivity contribution in [3.63, 3.8) is 0 Å². The number of para-hydroxylation sites is 2. The molecule has 0 radical (unpaired) electrons. The molecule has 5 aromatic carbocycles. The van der Waals surface area contributed by atoms with Crippen LogP contribution in [0.2, 0.25) is 0 Å². The largest absolute Gasteiger partial charge is 0.354 e. The number of hydrogen-bond acceptors (Lipinski definition) is 5. The van der Waals surface area contributed by atoms with E-state index >= 15 is 0 Å². The Morgan fingerprint density at radius 2 is 1.28 bits per heavy atom. The Morgan fingerprint density at radius 3 is 2.09 bits per heavy atom. The number of benzene rings is 5. The number of anilines is 3. The number of allylic oxidation sites excluding steroid dienone is 14. The molecule has 5 aromatic rings. The van der Waals surface area contributed by atoms with Crippen molar-refractivity contribution in [2.75, 3.05) is 9.80 Å². The Morgan fingerprint density at radius 1 is 0.544 bits per heavy atom. The Kier molecular flexibility index (Phi) is 10.4. The van der Waals surface area contributed by atoms with Gasteiger partial charge in [0.25, 0.3) is 0 Å². The highest BCUT2D eigenvalue weighted by atomic mass is 15.3. The van der Waals surface area contributed by atoms with Crippen LogP contribution in [0.3, 0.4) is 0 Å². The summed E-state index contributed by atoms with van der Waals surface area (Å²) in [7, 11) is 0. The highest BCUT2D eigenvalue weighted by molar-refractivity contribution is 6.00. The molecule has 332 valence electrons. The lowest BCUT2D eigenvalue weighted by atomic mass is 9.84. The molecular weight excluding hydrogens is 827 g/mol. The van der Waals surface area contributed by atoms with Crippen molar-refractivity contribution in [2.24, 2.45) is 10.9 Å². The van der Waals surface area contributed by atoms with Crippen LogP contribution in [-0.2, 0) is 0 Å². The van der Waals surface area contributed by atoms with Crippen LogP contribution in [0, 0.1) is 5.92 Å². The number of nitrogens with one attached hydrogen (secondary N) is 2. The van der Waals surface area contributed by atoms with Crippen molar-refractivity contribution < 1.29 is 0 Å². The van der Waals surface area contributed by atoms with E-state index in [-0.39, 0.29) is 36.3 Å². The van der Waals surface area contributed by atoms with E-state index in [4.69, 9.17) is 4.99 Å². The van der Waals surface area contributed by atoms with Gasteiger partial charge in [-0.05, 0) is 119 Å². The molecule has 0 spiro atoms. The number of aliphatic imine (C=N–C) groups is 1. The van der Waals surface area contributed by atoms with Crippen molar-refractivity contribution in [3.8, 4) is 11.1 Å². The summed E-state index contributed by atoms with van der Waals surface area (Å²) >= 11 is 0. The predicted octanol–water partition coefficient (Wildman–Crippen LogP) is 13.7. The summed E-state index contributed by atoms with van der Waals surface area (Å²) in [6, 6.07) is 47.1. The molecule has 5 heteroatoms. The molecule has 0 fully saturated rings. The Labute approximate surface area is 400 Å². The molecule has 0 saturated heterocycles. The van der Waals surface area contributed by atoms with E-state index in [0.717, 1.165) is 43.5 Å². The third-order valence-corrected chi connectivity index (χ3v) is 15.3. The van der Waals surface area contributed by atoms with Gasteiger partial charge in [-0.1, -0.05) is 182 Å². The van der Waals surface area contributed by atoms with E-state index < -0.39 is 0 Å². The molecule has 5 aliphatic carbocycles. The number of rotatable bonds is 8. The normalized spacial score (nSPS) is 26.3. The van der Waals surface area contributed by atoms with Crippen LogP contribution >= 0.6 is 0 Å². The second-order valence-corrected chi connectivity index (χ2v) is 19.3. The lowest BCUT2D eigenvalue weighted by Gasteiger charge is -2.38. The SMILES string of the molecule is C1=CC2c3cc(C4=CC5c6ccccc6N(C6=CC=C(C7N=C(c8ccc(-c9ccccc9)cc8)NC(C8C=CC(C9=CCCC=C9)=CC8)N7)CC6)C5C=C4)ccc3N(c3ccccc3)C2C=C1. The maximum atomic E-state index is 5.43. The van der Waals surface area contributed by atoms with Crippen LogP contribution in [-0.4, -0.2) is 30.3 Å². The van der Waals surface area contributed by atoms with Crippen LogP contribution in [0.15, 0.2) is 246 Å². The minimum Gasteiger partial charge on any atom is -0.354 e. The van der Waals surface area contributed by atoms with E-state index in [9.17, 15) is 0 Å². The Bertz CT molecular complexity index is 3140. The number of hydrogen-bond donors (Lipinski definition) is 2. The minimum atomic E-state index is -0.133. The van der Waals surface area contributed by atoms with E-state index in [1.165, 1.54) is 72.9 Å². The summed E-state index contributed by atoms with van der Waals surface area (Å²) in [6.45, 7) is 0. The highest BCUT2D eigenvalue weighted by Gasteiger charge is 2.41. The average Bonchev–Trinajstić information content (AvgIpc) is 3.94. The zero-order valence-corrected chi connectivity index (χ0v) is 38.2. The van der Waals surface area contributed by atoms with Crippen LogP contribution in [0.4, 0.5) is 17.1 Å². The third-order valence-electron chi connectivity index (χ3n) is 15.3. The second-order valence-electron chi connectivity index (χ2n) is 19.3. The third kappa shape index (κ3) is 7.33. The molecule has 0 amide bonds. The molecule has 0 saturated carbocycles. The first-order chi connectivity index (χ1) is 33.7. The number of fused-ring (bicyclic) bond motifs is 6. The van der Waals surface area contributed by atoms with Crippen molar-refractivity contribution in [1.82, 2.24) is 10.6 Å². The molecule has 8 aliphatic rings. The topological polar surface area (TPSA) is 42.9 Å². The van der Waals surface area contributed by atoms with Crippen molar-refractivity contribution in [3.05, 3.63) is 263 Å². The monoisotopic (exact) mass is 881 g/mol. The van der Waals surface area contributed by atoms with Gasteiger partial charge in [0, 0.05) is 46.1 Å². The second kappa shape index (κ2) is 17.3. The summed E-state index contributed by atoms with van der Waals surface area (Å²) in [6.07, 6.45) is 40.4. The lowest BCUT2D eigenvalue weighted by Crippen LogP contribution is -2.58. The van der Waals surface area contributed by atoms with Gasteiger partial charge in [-0.15, -0.1) is 0 Å². The standard InChI is InChI=1S/C63H55N5/c1-4-14-42(15-5-1)44-24-28-46(29-25-44)61-64-62(47-30-26-45(27-31-47)43-16-6-2-7-17-43)66-63(65-61)48-32-36-52(37-33-48)68-58-23-13-11-21-54(58)56-41-50(35-39-60(56)68)49-34-38-59-55(40-49)53-20-10-12-22-57(53)67(59)51-18-8-3-9-19-51/h1,3-6,8-30,32,34-36,38-41,47,53,56-57,60,62-63,66H,2,7,31,33,37H2,(H,64,65). The first-order valence-electron chi connectivity index (χ1n) is 24.7. The molecule has 3 aliphatic heterocycles. The summed E-state index contributed by atoms with van der Waals surface area (Å²) in [4.78, 5) is 10.6. The van der Waals surface area contributed by atoms with Gasteiger partial charge in [-0.3, -0.25) is 5.32 Å². The quantitative estimate of drug-likeness (QED) is 0.163. The molecule has 5 nitrogen and oxygen atoms in total. The first-order valence-corrected chi connectivity index (χ1v) is 24.7. The average molecular weight is 882 g/mol. The summed E-state index contributed by atoms with van der Waals surface area (Å²) in [5.41, 5.74) is 18.1. The van der Waals surface area contributed by atoms with Crippen LogP contribution in [0.1, 0.15) is 66.2 Å². The van der Waals surface area contributed by atoms with E-state index in [1.54, 1.807) is 0 Å². The fourth-order valence-electron chi connectivity index (χ4n) is 11.9. The van der Waals surface area contributed by atoms with Gasteiger partial charge in [0.05, 0.1) is 18.2 Å². The molecule has 3 heterocycles. The van der Waals surface area contributed by atoms with E-state index in [0.29, 0.717) is 5.92 Å². The summed E-state index contributed by atoms with van der Waals surface area (Å²) in [5.74, 6) is 1.81. The van der Waals surface area contributed by atoms with Gasteiger partial charge >= 0.3 is 0 Å². The molecular formula is C63H55N5. The maximum Gasteiger partial charge on any atom is 0.131 e. The Hall–Kier alpha value is -7.47. The molecule has 7 unspecified atom stereocenters. The highest BCUT2D eigenvalue weighted by Crippen LogP contribution is 2.51. The molecule has 13 rings (SSSR count). The molecule has 2 N–H and O–H groups in total. The van der Waals surface area contributed by atoms with Crippen molar-refractivity contribution >= 4 is 28.5 Å². The van der Waals surface area contributed by atoms with Gasteiger partial charge in [-0.2, -0.15) is 0 Å². The number of nitrogens with zero attached hydrogens (tertiary/aromatic N) is 3. The zero-order valence-electron chi connectivity index (χ0n) is 38.2. The summed E-state index contributed by atoms with van der Waals surface area (Å²) in [5, 5.41) is 7.85. The molecule has 68 heavy (non-hydrogen) atoms. The van der Waals surface area contributed by atoms with Crippen molar-refractivity contribution in [1.29, 1.82) is 0 Å². The summed E-state index contributed by atoms with van der Waals surface area (Å²) < 4.78 is 0. The maximum absolute atomic E-state index is 5.43. The smallest absolute Gasteiger partial charge is 0.131 e. The first kappa shape index (κ1) is 40.8. The van der Waals surface area contributed by atoms with E-state index in [1.807, 2.05) is 0 Å². The van der Waals surface area contributed by atoms with E-state index in [2.05, 4.69) is 239 Å².